The van der Waals surface area contributed by atoms with Crippen LogP contribution >= 0.6 is 0 Å². The number of hydrogen-bond acceptors (Lipinski definition) is 6. The lowest BCUT2D eigenvalue weighted by Crippen LogP contribution is -2.16. The van der Waals surface area contributed by atoms with E-state index < -0.39 is 0 Å². The number of nitrogens with one attached hydrogen (secondary N) is 2. The SMILES string of the molecule is CCCCc1c(O)nc(Nc2nc3ccccc3o2)[nH]c1=O. The normalized spacial score (nSPS) is 11.0. The molecule has 0 bridgehead atoms. The number of rotatable bonds is 5. The molecule has 2 heterocycles. The van der Waals surface area contributed by atoms with Crippen LogP contribution in [0.5, 0.6) is 5.88 Å². The molecule has 3 aromatic rings. The largest absolute Gasteiger partial charge is 0.493 e. The summed E-state index contributed by atoms with van der Waals surface area (Å²) >= 11 is 0. The number of anilines is 2. The van der Waals surface area contributed by atoms with E-state index in [4.69, 9.17) is 4.42 Å². The lowest BCUT2D eigenvalue weighted by molar-refractivity contribution is 0.442. The lowest BCUT2D eigenvalue weighted by Gasteiger charge is -2.05. The molecule has 0 fully saturated rings. The molecular weight excluding hydrogens is 284 g/mol. The molecule has 7 heteroatoms. The van der Waals surface area contributed by atoms with Crippen molar-refractivity contribution in [1.82, 2.24) is 15.0 Å². The highest BCUT2D eigenvalue weighted by Gasteiger charge is 2.12. The molecule has 0 aliphatic rings. The smallest absolute Gasteiger partial charge is 0.302 e. The molecule has 0 aliphatic carbocycles. The van der Waals surface area contributed by atoms with E-state index in [0.29, 0.717) is 23.1 Å². The number of aromatic amines is 1. The van der Waals surface area contributed by atoms with Gasteiger partial charge in [0, 0.05) is 0 Å². The Morgan fingerprint density at radius 2 is 2.14 bits per heavy atom. The molecule has 0 amide bonds. The second kappa shape index (κ2) is 5.88. The molecule has 114 valence electrons. The Labute approximate surface area is 126 Å². The topological polar surface area (TPSA) is 104 Å². The summed E-state index contributed by atoms with van der Waals surface area (Å²) in [6.07, 6.45) is 2.24. The van der Waals surface area contributed by atoms with Crippen molar-refractivity contribution in [3.63, 3.8) is 0 Å². The summed E-state index contributed by atoms with van der Waals surface area (Å²) in [6.45, 7) is 2.02. The van der Waals surface area contributed by atoms with Gasteiger partial charge in [0.2, 0.25) is 11.8 Å². The fourth-order valence-electron chi connectivity index (χ4n) is 2.15. The van der Waals surface area contributed by atoms with Crippen LogP contribution in [-0.2, 0) is 6.42 Å². The zero-order chi connectivity index (χ0) is 15.5. The van der Waals surface area contributed by atoms with Crippen molar-refractivity contribution in [2.24, 2.45) is 0 Å². The van der Waals surface area contributed by atoms with E-state index in [1.165, 1.54) is 0 Å². The summed E-state index contributed by atoms with van der Waals surface area (Å²) in [5.74, 6) is -0.176. The van der Waals surface area contributed by atoms with Gasteiger partial charge in [0.25, 0.3) is 5.56 Å². The van der Waals surface area contributed by atoms with Crippen LogP contribution < -0.4 is 10.9 Å². The highest BCUT2D eigenvalue weighted by Crippen LogP contribution is 2.21. The van der Waals surface area contributed by atoms with Crippen molar-refractivity contribution < 1.29 is 9.52 Å². The second-order valence-electron chi connectivity index (χ2n) is 4.93. The Balaban J connectivity index is 1.87. The number of aromatic nitrogens is 3. The molecule has 0 saturated heterocycles. The Bertz CT molecular complexity index is 820. The van der Waals surface area contributed by atoms with Crippen molar-refractivity contribution in [2.75, 3.05) is 5.32 Å². The molecular formula is C15H16N4O3. The Kier molecular flexibility index (Phi) is 3.78. The molecule has 22 heavy (non-hydrogen) atoms. The number of hydrogen-bond donors (Lipinski definition) is 3. The minimum atomic E-state index is -0.362. The molecule has 1 aromatic carbocycles. The molecule has 3 N–H and O–H groups in total. The number of para-hydroxylation sites is 2. The van der Waals surface area contributed by atoms with Gasteiger partial charge in [0.05, 0.1) is 5.56 Å². The molecule has 0 radical (unpaired) electrons. The van der Waals surface area contributed by atoms with Crippen LogP contribution in [0.1, 0.15) is 25.3 Å². The molecule has 0 atom stereocenters. The average Bonchev–Trinajstić information content (AvgIpc) is 2.88. The number of fused-ring (bicyclic) bond motifs is 1. The average molecular weight is 300 g/mol. The fraction of sp³-hybridized carbons (Fsp3) is 0.267. The van der Waals surface area contributed by atoms with Gasteiger partial charge in [-0.15, -0.1) is 0 Å². The fourth-order valence-corrected chi connectivity index (χ4v) is 2.15. The number of aromatic hydroxyl groups is 1. The first-order chi connectivity index (χ1) is 10.7. The van der Waals surface area contributed by atoms with Crippen molar-refractivity contribution in [2.45, 2.75) is 26.2 Å². The predicted molar refractivity (Wildman–Crippen MR) is 82.4 cm³/mol. The van der Waals surface area contributed by atoms with Gasteiger partial charge in [-0.3, -0.25) is 15.1 Å². The first-order valence-corrected chi connectivity index (χ1v) is 7.12. The maximum Gasteiger partial charge on any atom is 0.302 e. The van der Waals surface area contributed by atoms with Crippen LogP contribution in [0.15, 0.2) is 33.5 Å². The van der Waals surface area contributed by atoms with Crippen LogP contribution in [0.3, 0.4) is 0 Å². The highest BCUT2D eigenvalue weighted by atomic mass is 16.4. The Morgan fingerprint density at radius 3 is 2.86 bits per heavy atom. The van der Waals surface area contributed by atoms with Gasteiger partial charge in [-0.25, -0.2) is 0 Å². The summed E-state index contributed by atoms with van der Waals surface area (Å²) in [6, 6.07) is 7.49. The quantitative estimate of drug-likeness (QED) is 0.669. The molecule has 0 spiro atoms. The van der Waals surface area contributed by atoms with Crippen molar-refractivity contribution in [3.05, 3.63) is 40.2 Å². The first kappa shape index (κ1) is 14.1. The molecule has 7 nitrogen and oxygen atoms in total. The van der Waals surface area contributed by atoms with Gasteiger partial charge >= 0.3 is 6.01 Å². The Morgan fingerprint density at radius 1 is 1.32 bits per heavy atom. The maximum atomic E-state index is 12.0. The third-order valence-electron chi connectivity index (χ3n) is 3.29. The summed E-state index contributed by atoms with van der Waals surface area (Å²) in [5, 5.41) is 12.6. The van der Waals surface area contributed by atoms with E-state index >= 15 is 0 Å². The van der Waals surface area contributed by atoms with E-state index in [0.717, 1.165) is 12.8 Å². The summed E-state index contributed by atoms with van der Waals surface area (Å²) in [7, 11) is 0. The van der Waals surface area contributed by atoms with Crippen LogP contribution in [0.2, 0.25) is 0 Å². The van der Waals surface area contributed by atoms with E-state index in [1.807, 2.05) is 25.1 Å². The van der Waals surface area contributed by atoms with Crippen LogP contribution in [-0.4, -0.2) is 20.1 Å². The second-order valence-corrected chi connectivity index (χ2v) is 4.93. The number of unbranched alkanes of at least 4 members (excludes halogenated alkanes) is 1. The number of oxazole rings is 1. The first-order valence-electron chi connectivity index (χ1n) is 7.12. The van der Waals surface area contributed by atoms with Crippen LogP contribution in [0.4, 0.5) is 12.0 Å². The van der Waals surface area contributed by atoms with Gasteiger partial charge in [-0.2, -0.15) is 9.97 Å². The van der Waals surface area contributed by atoms with Crippen molar-refractivity contribution in [3.8, 4) is 5.88 Å². The maximum absolute atomic E-state index is 12.0. The summed E-state index contributed by atoms with van der Waals surface area (Å²) < 4.78 is 5.48. The molecule has 0 aliphatic heterocycles. The van der Waals surface area contributed by atoms with Crippen molar-refractivity contribution >= 4 is 23.1 Å². The third kappa shape index (κ3) is 2.78. The molecule has 0 unspecified atom stereocenters. The summed E-state index contributed by atoms with van der Waals surface area (Å²) in [5.41, 5.74) is 1.25. The lowest BCUT2D eigenvalue weighted by atomic mass is 10.1. The van der Waals surface area contributed by atoms with E-state index in [1.54, 1.807) is 6.07 Å². The van der Waals surface area contributed by atoms with Gasteiger partial charge in [-0.05, 0) is 25.0 Å². The minimum absolute atomic E-state index is 0.0919. The molecule has 3 rings (SSSR count). The van der Waals surface area contributed by atoms with Crippen LogP contribution in [0.25, 0.3) is 11.1 Å². The zero-order valence-corrected chi connectivity index (χ0v) is 12.1. The van der Waals surface area contributed by atoms with Crippen LogP contribution in [0, 0.1) is 0 Å². The minimum Gasteiger partial charge on any atom is -0.493 e. The molecule has 0 saturated carbocycles. The van der Waals surface area contributed by atoms with Gasteiger partial charge in [0.15, 0.2) is 5.58 Å². The summed E-state index contributed by atoms with van der Waals surface area (Å²) in [4.78, 5) is 22.7. The van der Waals surface area contributed by atoms with E-state index in [9.17, 15) is 9.90 Å². The van der Waals surface area contributed by atoms with Gasteiger partial charge < -0.3 is 9.52 Å². The standard InChI is InChI=1S/C15H16N4O3/c1-2-3-6-9-12(20)17-14(18-13(9)21)19-15-16-10-7-4-5-8-11(10)22-15/h4-5,7-8H,2-3,6H2,1H3,(H3,16,17,18,19,20,21). The highest BCUT2D eigenvalue weighted by molar-refractivity contribution is 5.74. The van der Waals surface area contributed by atoms with E-state index in [2.05, 4.69) is 20.3 Å². The zero-order valence-electron chi connectivity index (χ0n) is 12.1. The predicted octanol–water partition coefficient (Wildman–Crippen LogP) is 2.70. The number of benzene rings is 1. The van der Waals surface area contributed by atoms with Gasteiger partial charge in [0.1, 0.15) is 5.52 Å². The van der Waals surface area contributed by atoms with Gasteiger partial charge in [-0.1, -0.05) is 25.5 Å². The Hall–Kier alpha value is -2.83. The van der Waals surface area contributed by atoms with E-state index in [-0.39, 0.29) is 23.4 Å². The molecule has 2 aromatic heterocycles. The third-order valence-corrected chi connectivity index (χ3v) is 3.29. The van der Waals surface area contributed by atoms with Crippen molar-refractivity contribution in [1.29, 1.82) is 0 Å². The number of nitrogens with zero attached hydrogens (tertiary/aromatic N) is 2. The monoisotopic (exact) mass is 300 g/mol. The number of H-pyrrole nitrogens is 1.